The Hall–Kier alpha value is -1.79. The van der Waals surface area contributed by atoms with Gasteiger partial charge in [-0.2, -0.15) is 0 Å². The van der Waals surface area contributed by atoms with Gasteiger partial charge in [0.25, 0.3) is 0 Å². The molecule has 0 unspecified atom stereocenters. The molecule has 1 saturated heterocycles. The molecular formula is C13H12O3. The van der Waals surface area contributed by atoms with Gasteiger partial charge in [-0.1, -0.05) is 30.0 Å². The summed E-state index contributed by atoms with van der Waals surface area (Å²) >= 11 is 0. The fourth-order valence-electron chi connectivity index (χ4n) is 1.55. The Bertz CT molecular complexity index is 427. The van der Waals surface area contributed by atoms with Gasteiger partial charge in [0.15, 0.2) is 6.10 Å². The molecule has 1 aromatic carbocycles. The minimum absolute atomic E-state index is 0.0729. The number of ether oxygens (including phenoxy) is 1. The molecule has 1 aliphatic heterocycles. The quantitative estimate of drug-likeness (QED) is 0.522. The molecule has 82 valence electrons. The number of benzene rings is 1. The van der Waals surface area contributed by atoms with E-state index in [9.17, 15) is 9.90 Å². The average Bonchev–Trinajstić information content (AvgIpc) is 2.27. The zero-order chi connectivity index (χ0) is 11.4. The molecule has 1 aromatic rings. The molecule has 0 spiro atoms. The molecule has 16 heavy (non-hydrogen) atoms. The Morgan fingerprint density at radius 2 is 2.06 bits per heavy atom. The Labute approximate surface area is 94.0 Å². The molecule has 2 atom stereocenters. The summed E-state index contributed by atoms with van der Waals surface area (Å²) in [7, 11) is 0. The van der Waals surface area contributed by atoms with Crippen LogP contribution in [0.2, 0.25) is 0 Å². The minimum atomic E-state index is -0.628. The van der Waals surface area contributed by atoms with E-state index in [0.717, 1.165) is 5.56 Å². The van der Waals surface area contributed by atoms with E-state index in [4.69, 9.17) is 4.74 Å². The highest BCUT2D eigenvalue weighted by atomic mass is 16.5. The molecule has 0 saturated carbocycles. The zero-order valence-electron chi connectivity index (χ0n) is 8.72. The first-order chi connectivity index (χ1) is 7.74. The molecule has 0 bridgehead atoms. The third-order valence-electron chi connectivity index (χ3n) is 2.31. The molecule has 1 N–H and O–H groups in total. The van der Waals surface area contributed by atoms with E-state index in [0.29, 0.717) is 6.42 Å². The molecule has 0 amide bonds. The molecule has 0 radical (unpaired) electrons. The number of aliphatic hydroxyl groups excluding tert-OH is 1. The normalized spacial score (nSPS) is 24.2. The van der Waals surface area contributed by atoms with Crippen molar-refractivity contribution in [1.29, 1.82) is 0 Å². The molecule has 3 heteroatoms. The summed E-state index contributed by atoms with van der Waals surface area (Å²) in [6.07, 6.45) is -0.650. The summed E-state index contributed by atoms with van der Waals surface area (Å²) < 4.78 is 5.01. The van der Waals surface area contributed by atoms with Gasteiger partial charge in [-0.3, -0.25) is 4.79 Å². The lowest BCUT2D eigenvalue weighted by molar-refractivity contribution is -0.155. The average molecular weight is 216 g/mol. The first-order valence-corrected chi connectivity index (χ1v) is 5.18. The largest absolute Gasteiger partial charge is 0.449 e. The maximum Gasteiger partial charge on any atom is 0.309 e. The second kappa shape index (κ2) is 4.82. The SMILES string of the molecule is O=C1C[C@H](O)C[C@@H](C#Cc2ccccc2)O1. The third kappa shape index (κ3) is 2.85. The third-order valence-corrected chi connectivity index (χ3v) is 2.31. The lowest BCUT2D eigenvalue weighted by atomic mass is 10.1. The fraction of sp³-hybridized carbons (Fsp3) is 0.308. The van der Waals surface area contributed by atoms with Crippen LogP contribution in [-0.2, 0) is 9.53 Å². The zero-order valence-corrected chi connectivity index (χ0v) is 8.72. The highest BCUT2D eigenvalue weighted by Crippen LogP contribution is 2.14. The monoisotopic (exact) mass is 216 g/mol. The summed E-state index contributed by atoms with van der Waals surface area (Å²) in [6.45, 7) is 0. The summed E-state index contributed by atoms with van der Waals surface area (Å²) in [5, 5.41) is 9.38. The van der Waals surface area contributed by atoms with E-state index in [1.54, 1.807) is 0 Å². The minimum Gasteiger partial charge on any atom is -0.449 e. The van der Waals surface area contributed by atoms with Crippen LogP contribution >= 0.6 is 0 Å². The van der Waals surface area contributed by atoms with Crippen molar-refractivity contribution < 1.29 is 14.6 Å². The van der Waals surface area contributed by atoms with E-state index < -0.39 is 12.2 Å². The van der Waals surface area contributed by atoms with Crippen LogP contribution in [0.25, 0.3) is 0 Å². The summed E-state index contributed by atoms with van der Waals surface area (Å²) in [5.74, 6) is 5.38. The number of carbonyl (C=O) groups excluding carboxylic acids is 1. The van der Waals surface area contributed by atoms with Crippen molar-refractivity contribution in [3.8, 4) is 11.8 Å². The first-order valence-electron chi connectivity index (χ1n) is 5.18. The summed E-state index contributed by atoms with van der Waals surface area (Å²) in [4.78, 5) is 11.0. The van der Waals surface area contributed by atoms with Crippen LogP contribution in [0.15, 0.2) is 30.3 Å². The van der Waals surface area contributed by atoms with Gasteiger partial charge in [-0.15, -0.1) is 0 Å². The van der Waals surface area contributed by atoms with E-state index in [1.165, 1.54) is 0 Å². The van der Waals surface area contributed by atoms with Crippen molar-refractivity contribution in [3.05, 3.63) is 35.9 Å². The van der Waals surface area contributed by atoms with Gasteiger partial charge >= 0.3 is 5.97 Å². The topological polar surface area (TPSA) is 46.5 Å². The standard InChI is InChI=1S/C13H12O3/c14-11-8-12(16-13(15)9-11)7-6-10-4-2-1-3-5-10/h1-5,11-12,14H,8-9H2/t11-,12-/m1/s1. The van der Waals surface area contributed by atoms with Crippen molar-refractivity contribution >= 4 is 5.97 Å². The number of carbonyl (C=O) groups is 1. The second-order valence-corrected chi connectivity index (χ2v) is 3.71. The van der Waals surface area contributed by atoms with Crippen molar-refractivity contribution in [1.82, 2.24) is 0 Å². The van der Waals surface area contributed by atoms with Gasteiger partial charge in [0.05, 0.1) is 12.5 Å². The van der Waals surface area contributed by atoms with Crippen molar-refractivity contribution in [2.75, 3.05) is 0 Å². The molecular weight excluding hydrogens is 204 g/mol. The van der Waals surface area contributed by atoms with E-state index in [1.807, 2.05) is 30.3 Å². The van der Waals surface area contributed by atoms with Crippen LogP contribution in [0, 0.1) is 11.8 Å². The number of rotatable bonds is 0. The highest BCUT2D eigenvalue weighted by molar-refractivity contribution is 5.71. The molecule has 0 aromatic heterocycles. The van der Waals surface area contributed by atoms with Gasteiger partial charge < -0.3 is 9.84 Å². The first kappa shape index (κ1) is 10.7. The Morgan fingerprint density at radius 1 is 1.31 bits per heavy atom. The molecule has 1 heterocycles. The van der Waals surface area contributed by atoms with Gasteiger partial charge in [-0.25, -0.2) is 0 Å². The predicted molar refractivity (Wildman–Crippen MR) is 58.4 cm³/mol. The van der Waals surface area contributed by atoms with Crippen LogP contribution in [0.5, 0.6) is 0 Å². The van der Waals surface area contributed by atoms with E-state index in [2.05, 4.69) is 11.8 Å². The summed E-state index contributed by atoms with van der Waals surface area (Å²) in [6, 6.07) is 9.47. The maximum absolute atomic E-state index is 11.0. The lowest BCUT2D eigenvalue weighted by Crippen LogP contribution is -2.31. The Morgan fingerprint density at radius 3 is 2.75 bits per heavy atom. The van der Waals surface area contributed by atoms with Gasteiger partial charge in [0, 0.05) is 12.0 Å². The number of hydrogen-bond donors (Lipinski definition) is 1. The number of cyclic esters (lactones) is 1. The fourth-order valence-corrected chi connectivity index (χ4v) is 1.55. The van der Waals surface area contributed by atoms with Crippen LogP contribution in [0.4, 0.5) is 0 Å². The molecule has 1 aliphatic rings. The van der Waals surface area contributed by atoms with Crippen LogP contribution in [0.1, 0.15) is 18.4 Å². The second-order valence-electron chi connectivity index (χ2n) is 3.71. The van der Waals surface area contributed by atoms with Crippen LogP contribution in [-0.4, -0.2) is 23.3 Å². The smallest absolute Gasteiger partial charge is 0.309 e. The van der Waals surface area contributed by atoms with Gasteiger partial charge in [0.1, 0.15) is 0 Å². The van der Waals surface area contributed by atoms with Crippen molar-refractivity contribution in [3.63, 3.8) is 0 Å². The number of hydrogen-bond acceptors (Lipinski definition) is 3. The summed E-state index contributed by atoms with van der Waals surface area (Å²) in [5.41, 5.74) is 0.874. The van der Waals surface area contributed by atoms with Crippen molar-refractivity contribution in [2.45, 2.75) is 25.0 Å². The van der Waals surface area contributed by atoms with E-state index >= 15 is 0 Å². The van der Waals surface area contributed by atoms with Crippen molar-refractivity contribution in [2.24, 2.45) is 0 Å². The highest BCUT2D eigenvalue weighted by Gasteiger charge is 2.25. The molecule has 2 rings (SSSR count). The molecule has 3 nitrogen and oxygen atoms in total. The van der Waals surface area contributed by atoms with Gasteiger partial charge in [0.2, 0.25) is 0 Å². The molecule has 1 fully saturated rings. The number of esters is 1. The Balaban J connectivity index is 2.05. The van der Waals surface area contributed by atoms with Crippen LogP contribution < -0.4 is 0 Å². The van der Waals surface area contributed by atoms with E-state index in [-0.39, 0.29) is 12.4 Å². The van der Waals surface area contributed by atoms with Crippen LogP contribution in [0.3, 0.4) is 0 Å². The Kier molecular flexibility index (Phi) is 3.23. The maximum atomic E-state index is 11.0. The predicted octanol–water partition coefficient (Wildman–Crippen LogP) is 1.10. The van der Waals surface area contributed by atoms with Gasteiger partial charge in [-0.05, 0) is 12.1 Å². The lowest BCUT2D eigenvalue weighted by Gasteiger charge is -2.21. The number of aliphatic hydroxyl groups is 1. The molecule has 0 aliphatic carbocycles.